The first-order chi connectivity index (χ1) is 7.75. The zero-order chi connectivity index (χ0) is 11.4. The van der Waals surface area contributed by atoms with Gasteiger partial charge in [-0.2, -0.15) is 0 Å². The first kappa shape index (κ1) is 10.9. The van der Waals surface area contributed by atoms with Crippen LogP contribution in [0.4, 0.5) is 10.5 Å². The third kappa shape index (κ3) is 2.70. The van der Waals surface area contributed by atoms with E-state index in [0.29, 0.717) is 0 Å². The molecule has 0 atom stereocenters. The maximum atomic E-state index is 10.8. The molecule has 0 radical (unpaired) electrons. The van der Waals surface area contributed by atoms with Crippen molar-refractivity contribution in [2.45, 2.75) is 0 Å². The summed E-state index contributed by atoms with van der Waals surface area (Å²) in [6.45, 7) is 0. The fraction of sp³-hybridized carbons (Fsp3) is 0. The van der Waals surface area contributed by atoms with Crippen LogP contribution in [-0.4, -0.2) is 4.82 Å². The molecule has 2 aromatic carbocycles. The fourth-order valence-corrected chi connectivity index (χ4v) is 1.72. The minimum absolute atomic E-state index is 0.236. The van der Waals surface area contributed by atoms with E-state index in [1.54, 1.807) is 0 Å². The molecule has 1 N–H and O–H groups in total. The van der Waals surface area contributed by atoms with Crippen LogP contribution >= 0.6 is 15.9 Å². The molecule has 1 amide bonds. The average molecular weight is 276 g/mol. The van der Waals surface area contributed by atoms with Crippen molar-refractivity contribution >= 4 is 26.4 Å². The van der Waals surface area contributed by atoms with Gasteiger partial charge in [0.1, 0.15) is 0 Å². The van der Waals surface area contributed by atoms with Crippen molar-refractivity contribution in [2.75, 3.05) is 5.32 Å². The van der Waals surface area contributed by atoms with E-state index in [-0.39, 0.29) is 4.82 Å². The van der Waals surface area contributed by atoms with Crippen molar-refractivity contribution in [1.82, 2.24) is 0 Å². The number of hydrogen-bond donors (Lipinski definition) is 1. The van der Waals surface area contributed by atoms with Gasteiger partial charge in [-0.05, 0) is 23.3 Å². The Balaban J connectivity index is 2.23. The molecule has 0 aliphatic heterocycles. The van der Waals surface area contributed by atoms with E-state index in [9.17, 15) is 4.79 Å². The van der Waals surface area contributed by atoms with E-state index in [2.05, 4.69) is 33.4 Å². The van der Waals surface area contributed by atoms with Crippen LogP contribution in [0, 0.1) is 0 Å². The zero-order valence-electron chi connectivity index (χ0n) is 8.48. The summed E-state index contributed by atoms with van der Waals surface area (Å²) >= 11 is 2.82. The van der Waals surface area contributed by atoms with Crippen molar-refractivity contribution < 1.29 is 4.79 Å². The Bertz CT molecular complexity index is 479. The van der Waals surface area contributed by atoms with Gasteiger partial charge in [-0.3, -0.25) is 4.79 Å². The number of amides is 1. The van der Waals surface area contributed by atoms with E-state index in [0.717, 1.165) is 11.3 Å². The van der Waals surface area contributed by atoms with E-state index in [4.69, 9.17) is 0 Å². The van der Waals surface area contributed by atoms with Crippen LogP contribution in [-0.2, 0) is 0 Å². The largest absolute Gasteiger partial charge is 0.317 e. The summed E-state index contributed by atoms with van der Waals surface area (Å²) in [5.41, 5.74) is 3.08. The molecule has 0 spiro atoms. The number of nitrogens with one attached hydrogen (secondary N) is 1. The van der Waals surface area contributed by atoms with Crippen molar-refractivity contribution in [1.29, 1.82) is 0 Å². The Morgan fingerprint density at radius 3 is 2.00 bits per heavy atom. The van der Waals surface area contributed by atoms with Crippen LogP contribution in [0.3, 0.4) is 0 Å². The van der Waals surface area contributed by atoms with Gasteiger partial charge >= 0.3 is 0 Å². The number of carbonyl (C=O) groups excluding carboxylic acids is 1. The van der Waals surface area contributed by atoms with Gasteiger partial charge in [-0.25, -0.2) is 0 Å². The first-order valence-electron chi connectivity index (χ1n) is 4.88. The smallest absolute Gasteiger partial charge is 0.291 e. The summed E-state index contributed by atoms with van der Waals surface area (Å²) < 4.78 is 0. The number of hydrogen-bond acceptors (Lipinski definition) is 1. The number of rotatable bonds is 2. The summed E-state index contributed by atoms with van der Waals surface area (Å²) in [6, 6.07) is 17.8. The van der Waals surface area contributed by atoms with Crippen LogP contribution in [0.15, 0.2) is 54.6 Å². The second-order valence-electron chi connectivity index (χ2n) is 3.34. The second kappa shape index (κ2) is 4.94. The molecule has 80 valence electrons. The van der Waals surface area contributed by atoms with Crippen molar-refractivity contribution in [3.63, 3.8) is 0 Å². The SMILES string of the molecule is O=C(Br)Nc1ccc(-c2ccccc2)cc1. The molecule has 0 aromatic heterocycles. The highest BCUT2D eigenvalue weighted by Gasteiger charge is 1.98. The predicted octanol–water partition coefficient (Wildman–Crippen LogP) is 4.28. The summed E-state index contributed by atoms with van der Waals surface area (Å²) in [5, 5.41) is 2.66. The lowest BCUT2D eigenvalue weighted by molar-refractivity contribution is 0.270. The van der Waals surface area contributed by atoms with Gasteiger partial charge in [-0.1, -0.05) is 42.5 Å². The van der Waals surface area contributed by atoms with Crippen LogP contribution in [0.2, 0.25) is 0 Å². The van der Waals surface area contributed by atoms with Crippen molar-refractivity contribution in [2.24, 2.45) is 0 Å². The van der Waals surface area contributed by atoms with E-state index in [1.807, 2.05) is 42.5 Å². The molecule has 2 aromatic rings. The predicted molar refractivity (Wildman–Crippen MR) is 69.8 cm³/mol. The molecule has 0 aliphatic rings. The lowest BCUT2D eigenvalue weighted by Gasteiger charge is -2.04. The molecular weight excluding hydrogens is 266 g/mol. The van der Waals surface area contributed by atoms with Gasteiger partial charge in [0, 0.05) is 21.6 Å². The highest BCUT2D eigenvalue weighted by atomic mass is 79.9. The van der Waals surface area contributed by atoms with Gasteiger partial charge in [-0.15, -0.1) is 0 Å². The van der Waals surface area contributed by atoms with Crippen molar-refractivity contribution in [3.8, 4) is 11.1 Å². The number of anilines is 1. The Hall–Kier alpha value is -1.61. The molecule has 0 heterocycles. The maximum Gasteiger partial charge on any atom is 0.291 e. The minimum Gasteiger partial charge on any atom is -0.317 e. The second-order valence-corrected chi connectivity index (χ2v) is 4.06. The van der Waals surface area contributed by atoms with Gasteiger partial charge in [0.2, 0.25) is 0 Å². The highest BCUT2D eigenvalue weighted by molar-refractivity contribution is 9.18. The lowest BCUT2D eigenvalue weighted by atomic mass is 10.1. The Kier molecular flexibility index (Phi) is 3.37. The third-order valence-corrected chi connectivity index (χ3v) is 2.43. The molecule has 3 heteroatoms. The van der Waals surface area contributed by atoms with Crippen LogP contribution in [0.25, 0.3) is 11.1 Å². The minimum atomic E-state index is -0.236. The maximum absolute atomic E-state index is 10.8. The Morgan fingerprint density at radius 1 is 0.875 bits per heavy atom. The fourth-order valence-electron chi connectivity index (χ4n) is 1.49. The summed E-state index contributed by atoms with van der Waals surface area (Å²) in [4.78, 5) is 10.5. The molecule has 0 unspecified atom stereocenters. The van der Waals surface area contributed by atoms with E-state index >= 15 is 0 Å². The average Bonchev–Trinajstić information content (AvgIpc) is 2.30. The summed E-state index contributed by atoms with van der Waals surface area (Å²) in [5.74, 6) is 0. The normalized spacial score (nSPS) is 9.81. The monoisotopic (exact) mass is 275 g/mol. The molecule has 0 saturated heterocycles. The lowest BCUT2D eigenvalue weighted by Crippen LogP contribution is -1.99. The Morgan fingerprint density at radius 2 is 1.44 bits per heavy atom. The van der Waals surface area contributed by atoms with Crippen LogP contribution in [0.5, 0.6) is 0 Å². The van der Waals surface area contributed by atoms with Gasteiger partial charge in [0.15, 0.2) is 0 Å². The molecule has 0 saturated carbocycles. The van der Waals surface area contributed by atoms with Crippen molar-refractivity contribution in [3.05, 3.63) is 54.6 Å². The van der Waals surface area contributed by atoms with Gasteiger partial charge < -0.3 is 5.32 Å². The highest BCUT2D eigenvalue weighted by Crippen LogP contribution is 2.21. The van der Waals surface area contributed by atoms with Gasteiger partial charge in [0.05, 0.1) is 0 Å². The van der Waals surface area contributed by atoms with Crippen LogP contribution in [0.1, 0.15) is 0 Å². The number of halogens is 1. The first-order valence-corrected chi connectivity index (χ1v) is 5.67. The molecule has 16 heavy (non-hydrogen) atoms. The summed E-state index contributed by atoms with van der Waals surface area (Å²) in [7, 11) is 0. The quantitative estimate of drug-likeness (QED) is 0.643. The number of benzene rings is 2. The van der Waals surface area contributed by atoms with Crippen LogP contribution < -0.4 is 5.32 Å². The molecule has 2 nitrogen and oxygen atoms in total. The topological polar surface area (TPSA) is 29.1 Å². The third-order valence-electron chi connectivity index (χ3n) is 2.23. The molecule has 0 aliphatic carbocycles. The van der Waals surface area contributed by atoms with Gasteiger partial charge in [0.25, 0.3) is 4.82 Å². The molecule has 0 bridgehead atoms. The molecule has 0 fully saturated rings. The van der Waals surface area contributed by atoms with E-state index < -0.39 is 0 Å². The summed E-state index contributed by atoms with van der Waals surface area (Å²) in [6.07, 6.45) is 0. The van der Waals surface area contributed by atoms with E-state index in [1.165, 1.54) is 5.56 Å². The standard InChI is InChI=1S/C13H10BrNO/c14-13(16)15-12-8-6-11(7-9-12)10-4-2-1-3-5-10/h1-9H,(H,15,16). The zero-order valence-corrected chi connectivity index (χ0v) is 10.1. The number of carbonyl (C=O) groups is 1. The Labute approximate surface area is 102 Å². The molecular formula is C13H10BrNO. The molecule has 2 rings (SSSR count).